The van der Waals surface area contributed by atoms with E-state index in [0.29, 0.717) is 18.6 Å². The maximum Gasteiger partial charge on any atom is 0.311 e. The molecule has 104 valence electrons. The number of rotatable bonds is 4. The topological polar surface area (TPSA) is 81.8 Å². The molecule has 1 aromatic carbocycles. The lowest BCUT2D eigenvalue weighted by atomic mass is 9.95. The average Bonchev–Trinajstić information content (AvgIpc) is 2.41. The van der Waals surface area contributed by atoms with E-state index in [2.05, 4.69) is 0 Å². The number of hydrogen-bond donors (Lipinski definition) is 1. The van der Waals surface area contributed by atoms with Crippen LogP contribution in [0, 0.1) is 10.1 Å². The Bertz CT molecular complexity index is 462. The Morgan fingerprint density at radius 3 is 2.74 bits per heavy atom. The summed E-state index contributed by atoms with van der Waals surface area (Å²) in [5.41, 5.74) is -0.112. The average molecular weight is 267 g/mol. The summed E-state index contributed by atoms with van der Waals surface area (Å²) in [6, 6.07) is 4.35. The van der Waals surface area contributed by atoms with Crippen LogP contribution in [0.5, 0.6) is 11.5 Å². The van der Waals surface area contributed by atoms with Crippen LogP contribution in [0.15, 0.2) is 18.2 Å². The zero-order valence-electron chi connectivity index (χ0n) is 10.7. The van der Waals surface area contributed by atoms with Crippen LogP contribution in [0.1, 0.15) is 25.7 Å². The third-order valence-electron chi connectivity index (χ3n) is 3.31. The van der Waals surface area contributed by atoms with Gasteiger partial charge in [-0.25, -0.2) is 0 Å². The zero-order chi connectivity index (χ0) is 13.8. The van der Waals surface area contributed by atoms with E-state index in [1.54, 1.807) is 0 Å². The van der Waals surface area contributed by atoms with Crippen molar-refractivity contribution in [2.45, 2.75) is 37.9 Å². The summed E-state index contributed by atoms with van der Waals surface area (Å²) in [6.45, 7) is 0. The quantitative estimate of drug-likeness (QED) is 0.668. The second-order valence-electron chi connectivity index (χ2n) is 4.60. The van der Waals surface area contributed by atoms with Crippen molar-refractivity contribution in [1.82, 2.24) is 0 Å². The predicted molar refractivity (Wildman–Crippen MR) is 68.5 cm³/mol. The first-order valence-corrected chi connectivity index (χ1v) is 6.29. The Kier molecular flexibility index (Phi) is 4.21. The van der Waals surface area contributed by atoms with Gasteiger partial charge in [0.05, 0.1) is 18.1 Å². The summed E-state index contributed by atoms with van der Waals surface area (Å²) in [5.74, 6) is 0.640. The first kappa shape index (κ1) is 13.6. The van der Waals surface area contributed by atoms with Crippen LogP contribution < -0.4 is 9.47 Å². The molecular weight excluding hydrogens is 250 g/mol. The molecular formula is C13H17NO5. The van der Waals surface area contributed by atoms with Gasteiger partial charge in [0.15, 0.2) is 0 Å². The summed E-state index contributed by atoms with van der Waals surface area (Å²) < 4.78 is 10.7. The molecule has 0 unspecified atom stereocenters. The highest BCUT2D eigenvalue weighted by Gasteiger charge is 2.27. The van der Waals surface area contributed by atoms with Gasteiger partial charge in [-0.2, -0.15) is 0 Å². The van der Waals surface area contributed by atoms with Gasteiger partial charge in [-0.1, -0.05) is 6.42 Å². The third-order valence-corrected chi connectivity index (χ3v) is 3.31. The molecule has 0 bridgehead atoms. The van der Waals surface area contributed by atoms with Crippen LogP contribution in [0.25, 0.3) is 0 Å². The molecule has 1 fully saturated rings. The minimum absolute atomic E-state index is 0.112. The van der Waals surface area contributed by atoms with Gasteiger partial charge in [0.25, 0.3) is 0 Å². The van der Waals surface area contributed by atoms with Gasteiger partial charge in [-0.3, -0.25) is 10.1 Å². The molecule has 1 saturated carbocycles. The smallest absolute Gasteiger partial charge is 0.311 e. The molecule has 6 nitrogen and oxygen atoms in total. The number of methoxy groups -OCH3 is 1. The van der Waals surface area contributed by atoms with Crippen LogP contribution in [0.3, 0.4) is 0 Å². The van der Waals surface area contributed by atoms with Crippen molar-refractivity contribution < 1.29 is 19.5 Å². The number of nitro groups is 1. The van der Waals surface area contributed by atoms with Crippen molar-refractivity contribution in [3.05, 3.63) is 28.3 Å². The minimum Gasteiger partial charge on any atom is -0.497 e. The van der Waals surface area contributed by atoms with Crippen molar-refractivity contribution in [2.24, 2.45) is 0 Å². The fourth-order valence-electron chi connectivity index (χ4n) is 2.24. The van der Waals surface area contributed by atoms with Gasteiger partial charge < -0.3 is 14.6 Å². The van der Waals surface area contributed by atoms with Gasteiger partial charge in [0, 0.05) is 12.1 Å². The molecule has 0 spiro atoms. The van der Waals surface area contributed by atoms with Crippen molar-refractivity contribution >= 4 is 5.69 Å². The lowest BCUT2D eigenvalue weighted by molar-refractivity contribution is -0.386. The summed E-state index contributed by atoms with van der Waals surface area (Å²) >= 11 is 0. The molecule has 1 aliphatic carbocycles. The highest BCUT2D eigenvalue weighted by atomic mass is 16.6. The predicted octanol–water partition coefficient (Wildman–Crippen LogP) is 2.29. The number of aliphatic hydroxyl groups excluding tert-OH is 1. The second kappa shape index (κ2) is 5.88. The SMILES string of the molecule is COc1ccc([N+](=O)[O-])c(O[C@@H]2CCCC[C@H]2O)c1. The standard InChI is InChI=1S/C13H17NO5/c1-18-9-6-7-10(14(16)17)13(8-9)19-12-5-3-2-4-11(12)15/h6-8,11-12,15H,2-5H2,1H3/t11-,12-/m1/s1. The maximum absolute atomic E-state index is 11.0. The van der Waals surface area contributed by atoms with E-state index in [9.17, 15) is 15.2 Å². The maximum atomic E-state index is 11.0. The minimum atomic E-state index is -0.570. The largest absolute Gasteiger partial charge is 0.497 e. The molecule has 0 heterocycles. The Labute approximate surface area is 111 Å². The number of nitrogens with zero attached hydrogens (tertiary/aromatic N) is 1. The fourth-order valence-corrected chi connectivity index (χ4v) is 2.24. The molecule has 0 amide bonds. The molecule has 2 atom stereocenters. The van der Waals surface area contributed by atoms with Crippen LogP contribution in [-0.4, -0.2) is 29.3 Å². The summed E-state index contributed by atoms with van der Waals surface area (Å²) in [4.78, 5) is 10.5. The Morgan fingerprint density at radius 1 is 1.37 bits per heavy atom. The van der Waals surface area contributed by atoms with Gasteiger partial charge in [0.1, 0.15) is 11.9 Å². The van der Waals surface area contributed by atoms with E-state index >= 15 is 0 Å². The molecule has 1 N–H and O–H groups in total. The zero-order valence-corrected chi connectivity index (χ0v) is 10.7. The Hall–Kier alpha value is -1.82. The Morgan fingerprint density at radius 2 is 2.11 bits per heavy atom. The normalized spacial score (nSPS) is 22.8. The first-order valence-electron chi connectivity index (χ1n) is 6.29. The summed E-state index contributed by atoms with van der Waals surface area (Å²) in [5, 5.41) is 20.8. The van der Waals surface area contributed by atoms with E-state index < -0.39 is 11.0 Å². The summed E-state index contributed by atoms with van der Waals surface area (Å²) in [6.07, 6.45) is 2.33. The van der Waals surface area contributed by atoms with E-state index in [0.717, 1.165) is 12.8 Å². The van der Waals surface area contributed by atoms with Gasteiger partial charge >= 0.3 is 5.69 Å². The van der Waals surface area contributed by atoms with E-state index in [4.69, 9.17) is 9.47 Å². The van der Waals surface area contributed by atoms with Crippen molar-refractivity contribution in [3.8, 4) is 11.5 Å². The third kappa shape index (κ3) is 3.14. The highest BCUT2D eigenvalue weighted by molar-refractivity contribution is 5.50. The molecule has 2 rings (SSSR count). The molecule has 0 aliphatic heterocycles. The summed E-state index contributed by atoms with van der Waals surface area (Å²) in [7, 11) is 1.49. The number of aliphatic hydroxyl groups is 1. The molecule has 0 saturated heterocycles. The van der Waals surface area contributed by atoms with Gasteiger partial charge in [0.2, 0.25) is 5.75 Å². The lowest BCUT2D eigenvalue weighted by Gasteiger charge is -2.28. The molecule has 1 aromatic rings. The van der Waals surface area contributed by atoms with Crippen molar-refractivity contribution in [2.75, 3.05) is 7.11 Å². The Balaban J connectivity index is 2.23. The molecule has 0 radical (unpaired) electrons. The van der Waals surface area contributed by atoms with Gasteiger partial charge in [-0.15, -0.1) is 0 Å². The number of ether oxygens (including phenoxy) is 2. The van der Waals surface area contributed by atoms with Crippen LogP contribution >= 0.6 is 0 Å². The molecule has 0 aromatic heterocycles. The van der Waals surface area contributed by atoms with Crippen molar-refractivity contribution in [3.63, 3.8) is 0 Å². The lowest BCUT2D eigenvalue weighted by Crippen LogP contribution is -2.34. The highest BCUT2D eigenvalue weighted by Crippen LogP contribution is 2.34. The van der Waals surface area contributed by atoms with E-state index in [1.807, 2.05) is 0 Å². The monoisotopic (exact) mass is 267 g/mol. The number of nitro benzene ring substituents is 1. The molecule has 19 heavy (non-hydrogen) atoms. The first-order chi connectivity index (χ1) is 9.11. The second-order valence-corrected chi connectivity index (χ2v) is 4.60. The van der Waals surface area contributed by atoms with Crippen LogP contribution in [-0.2, 0) is 0 Å². The fraction of sp³-hybridized carbons (Fsp3) is 0.538. The van der Waals surface area contributed by atoms with Crippen LogP contribution in [0.4, 0.5) is 5.69 Å². The van der Waals surface area contributed by atoms with Crippen molar-refractivity contribution in [1.29, 1.82) is 0 Å². The van der Waals surface area contributed by atoms with E-state index in [1.165, 1.54) is 25.3 Å². The van der Waals surface area contributed by atoms with Crippen LogP contribution in [0.2, 0.25) is 0 Å². The molecule has 6 heteroatoms. The molecule has 1 aliphatic rings. The van der Waals surface area contributed by atoms with Gasteiger partial charge in [-0.05, 0) is 25.3 Å². The number of benzene rings is 1. The van der Waals surface area contributed by atoms with E-state index in [-0.39, 0.29) is 17.5 Å². The number of hydrogen-bond acceptors (Lipinski definition) is 5.